The normalized spacial score (nSPS) is 9.72. The summed E-state index contributed by atoms with van der Waals surface area (Å²) in [6.45, 7) is 1.94. The zero-order valence-electron chi connectivity index (χ0n) is 9.88. The molecule has 0 radical (unpaired) electrons. The monoisotopic (exact) mass is 237 g/mol. The van der Waals surface area contributed by atoms with Gasteiger partial charge in [-0.1, -0.05) is 18.2 Å². The molecule has 5 nitrogen and oxygen atoms in total. The molecule has 1 heterocycles. The molecular formula is C13H11N5. The van der Waals surface area contributed by atoms with Gasteiger partial charge in [0.2, 0.25) is 0 Å². The number of anilines is 1. The standard InChI is InChI=1S/C13H11N5/c1-9-4-2-3-5-12(9)18-13(16)10(8-15)11(17-18)6-7-14/h2-5H,6,16H2,1H3. The lowest BCUT2D eigenvalue weighted by atomic mass is 10.2. The Bertz CT molecular complexity index is 670. The van der Waals surface area contributed by atoms with Crippen LogP contribution in [0.15, 0.2) is 24.3 Å². The highest BCUT2D eigenvalue weighted by Crippen LogP contribution is 2.22. The molecule has 0 bridgehead atoms. The van der Waals surface area contributed by atoms with Gasteiger partial charge in [-0.05, 0) is 18.6 Å². The highest BCUT2D eigenvalue weighted by molar-refractivity contribution is 5.57. The summed E-state index contributed by atoms with van der Waals surface area (Å²) in [6, 6.07) is 11.6. The number of rotatable bonds is 2. The SMILES string of the molecule is Cc1ccccc1-n1nc(CC#N)c(C#N)c1N. The van der Waals surface area contributed by atoms with Crippen LogP contribution >= 0.6 is 0 Å². The minimum Gasteiger partial charge on any atom is -0.382 e. The third-order valence-corrected chi connectivity index (χ3v) is 2.70. The van der Waals surface area contributed by atoms with Crippen LogP contribution in [0.3, 0.4) is 0 Å². The number of nitrogens with two attached hydrogens (primary N) is 1. The molecule has 2 aromatic rings. The molecule has 0 saturated heterocycles. The lowest BCUT2D eigenvalue weighted by Gasteiger charge is -2.06. The van der Waals surface area contributed by atoms with E-state index in [1.165, 1.54) is 4.68 Å². The summed E-state index contributed by atoms with van der Waals surface area (Å²) in [5.41, 5.74) is 8.42. The summed E-state index contributed by atoms with van der Waals surface area (Å²) in [5.74, 6) is 0.275. The second-order valence-electron chi connectivity index (χ2n) is 3.85. The molecule has 0 aliphatic heterocycles. The second-order valence-corrected chi connectivity index (χ2v) is 3.85. The number of nitrogens with zero attached hydrogens (tertiary/aromatic N) is 4. The van der Waals surface area contributed by atoms with Crippen LogP contribution in [0.1, 0.15) is 16.8 Å². The molecule has 0 amide bonds. The maximum absolute atomic E-state index is 9.06. The summed E-state index contributed by atoms with van der Waals surface area (Å²) >= 11 is 0. The van der Waals surface area contributed by atoms with Crippen molar-refractivity contribution in [1.82, 2.24) is 9.78 Å². The molecule has 1 aromatic carbocycles. The number of aryl methyl sites for hydroxylation is 1. The molecule has 0 aliphatic rings. The van der Waals surface area contributed by atoms with Gasteiger partial charge in [-0.15, -0.1) is 0 Å². The molecule has 18 heavy (non-hydrogen) atoms. The summed E-state index contributed by atoms with van der Waals surface area (Å²) in [6.07, 6.45) is 0.0754. The molecule has 1 aromatic heterocycles. The van der Waals surface area contributed by atoms with E-state index >= 15 is 0 Å². The van der Waals surface area contributed by atoms with Gasteiger partial charge in [0.1, 0.15) is 17.5 Å². The lowest BCUT2D eigenvalue weighted by Crippen LogP contribution is -2.04. The molecule has 0 atom stereocenters. The fourth-order valence-electron chi connectivity index (χ4n) is 1.78. The molecule has 2 N–H and O–H groups in total. The van der Waals surface area contributed by atoms with Gasteiger partial charge in [-0.2, -0.15) is 15.6 Å². The minimum atomic E-state index is 0.0754. The maximum Gasteiger partial charge on any atom is 0.145 e. The second kappa shape index (κ2) is 4.60. The molecular weight excluding hydrogens is 226 g/mol. The smallest absolute Gasteiger partial charge is 0.145 e. The summed E-state index contributed by atoms with van der Waals surface area (Å²) < 4.78 is 1.51. The average Bonchev–Trinajstić information content (AvgIpc) is 2.67. The minimum absolute atomic E-state index is 0.0754. The summed E-state index contributed by atoms with van der Waals surface area (Å²) in [7, 11) is 0. The van der Waals surface area contributed by atoms with Crippen LogP contribution in [-0.4, -0.2) is 9.78 Å². The zero-order valence-corrected chi connectivity index (χ0v) is 9.88. The van der Waals surface area contributed by atoms with Gasteiger partial charge >= 0.3 is 0 Å². The Kier molecular flexibility index (Phi) is 2.99. The van der Waals surface area contributed by atoms with Crippen LogP contribution in [0.4, 0.5) is 5.82 Å². The maximum atomic E-state index is 9.06. The number of para-hydroxylation sites is 1. The molecule has 2 rings (SSSR count). The number of nitriles is 2. The topological polar surface area (TPSA) is 91.4 Å². The van der Waals surface area contributed by atoms with Crippen LogP contribution < -0.4 is 5.73 Å². The fraction of sp³-hybridized carbons (Fsp3) is 0.154. The Morgan fingerprint density at radius 1 is 1.33 bits per heavy atom. The Morgan fingerprint density at radius 2 is 2.06 bits per heavy atom. The van der Waals surface area contributed by atoms with Gasteiger partial charge in [0.25, 0.3) is 0 Å². The van der Waals surface area contributed by atoms with Crippen molar-refractivity contribution in [3.05, 3.63) is 41.1 Å². The van der Waals surface area contributed by atoms with Crippen molar-refractivity contribution in [1.29, 1.82) is 10.5 Å². The third-order valence-electron chi connectivity index (χ3n) is 2.70. The van der Waals surface area contributed by atoms with E-state index in [0.29, 0.717) is 5.69 Å². The van der Waals surface area contributed by atoms with Crippen molar-refractivity contribution in [2.45, 2.75) is 13.3 Å². The number of hydrogen-bond donors (Lipinski definition) is 1. The van der Waals surface area contributed by atoms with Gasteiger partial charge in [0, 0.05) is 0 Å². The zero-order chi connectivity index (χ0) is 13.1. The Hall–Kier alpha value is -2.79. The predicted molar refractivity (Wildman–Crippen MR) is 66.7 cm³/mol. The van der Waals surface area contributed by atoms with E-state index in [1.54, 1.807) is 0 Å². The van der Waals surface area contributed by atoms with Crippen molar-refractivity contribution < 1.29 is 0 Å². The fourth-order valence-corrected chi connectivity index (χ4v) is 1.78. The lowest BCUT2D eigenvalue weighted by molar-refractivity contribution is 0.855. The predicted octanol–water partition coefficient (Wildman–Crippen LogP) is 1.70. The Labute approximate surface area is 105 Å². The molecule has 0 unspecified atom stereocenters. The first-order chi connectivity index (χ1) is 8.69. The van der Waals surface area contributed by atoms with Gasteiger partial charge in [-0.25, -0.2) is 4.68 Å². The Morgan fingerprint density at radius 3 is 2.67 bits per heavy atom. The molecule has 0 aliphatic carbocycles. The molecule has 0 fully saturated rings. The van der Waals surface area contributed by atoms with E-state index in [9.17, 15) is 0 Å². The van der Waals surface area contributed by atoms with Crippen LogP contribution in [0.2, 0.25) is 0 Å². The van der Waals surface area contributed by atoms with E-state index in [4.69, 9.17) is 16.3 Å². The first kappa shape index (κ1) is 11.7. The first-order valence-electron chi connectivity index (χ1n) is 5.39. The van der Waals surface area contributed by atoms with Gasteiger partial charge in [0.15, 0.2) is 0 Å². The van der Waals surface area contributed by atoms with Crippen molar-refractivity contribution in [3.63, 3.8) is 0 Å². The van der Waals surface area contributed by atoms with Crippen molar-refractivity contribution in [2.75, 3.05) is 5.73 Å². The van der Waals surface area contributed by atoms with Crippen LogP contribution in [-0.2, 0) is 6.42 Å². The number of aromatic nitrogens is 2. The number of hydrogen-bond acceptors (Lipinski definition) is 4. The van der Waals surface area contributed by atoms with Crippen LogP contribution in [0.5, 0.6) is 0 Å². The van der Waals surface area contributed by atoms with E-state index in [-0.39, 0.29) is 17.8 Å². The van der Waals surface area contributed by atoms with Crippen LogP contribution in [0, 0.1) is 29.6 Å². The Balaban J connectivity index is 2.65. The van der Waals surface area contributed by atoms with E-state index < -0.39 is 0 Å². The average molecular weight is 237 g/mol. The quantitative estimate of drug-likeness (QED) is 0.860. The van der Waals surface area contributed by atoms with Crippen molar-refractivity contribution >= 4 is 5.82 Å². The van der Waals surface area contributed by atoms with Crippen molar-refractivity contribution in [3.8, 4) is 17.8 Å². The van der Waals surface area contributed by atoms with Gasteiger partial charge in [0.05, 0.1) is 23.9 Å². The number of nitrogen functional groups attached to an aromatic ring is 1. The van der Waals surface area contributed by atoms with Crippen LogP contribution in [0.25, 0.3) is 5.69 Å². The molecule has 88 valence electrons. The van der Waals surface area contributed by atoms with Crippen molar-refractivity contribution in [2.24, 2.45) is 0 Å². The first-order valence-corrected chi connectivity index (χ1v) is 5.39. The van der Waals surface area contributed by atoms with E-state index in [0.717, 1.165) is 11.3 Å². The highest BCUT2D eigenvalue weighted by Gasteiger charge is 2.16. The summed E-state index contributed by atoms with van der Waals surface area (Å²) in [4.78, 5) is 0. The van der Waals surface area contributed by atoms with E-state index in [2.05, 4.69) is 5.10 Å². The highest BCUT2D eigenvalue weighted by atomic mass is 15.3. The number of benzene rings is 1. The molecule has 0 saturated carbocycles. The molecule has 0 spiro atoms. The summed E-state index contributed by atoms with van der Waals surface area (Å²) in [5, 5.41) is 22.0. The third kappa shape index (κ3) is 1.79. The molecule has 5 heteroatoms. The largest absolute Gasteiger partial charge is 0.382 e. The van der Waals surface area contributed by atoms with Gasteiger partial charge in [-0.3, -0.25) is 0 Å². The van der Waals surface area contributed by atoms with E-state index in [1.807, 2.05) is 43.3 Å². The van der Waals surface area contributed by atoms with Gasteiger partial charge < -0.3 is 5.73 Å².